The Morgan fingerprint density at radius 3 is 2.61 bits per heavy atom. The van der Waals surface area contributed by atoms with E-state index in [1.54, 1.807) is 12.1 Å². The van der Waals surface area contributed by atoms with Crippen LogP contribution in [-0.4, -0.2) is 19.1 Å². The molecule has 2 aromatic rings. The SMILES string of the molecule is O=C(Cc1cc(Cl)c2c(c1)OCCO2)Nc1c(F)cccc1F. The molecule has 0 atom stereocenters. The summed E-state index contributed by atoms with van der Waals surface area (Å²) >= 11 is 6.08. The van der Waals surface area contributed by atoms with Crippen molar-refractivity contribution in [1.82, 2.24) is 0 Å². The predicted octanol–water partition coefficient (Wildman–Crippen LogP) is 3.57. The maximum Gasteiger partial charge on any atom is 0.228 e. The third-order valence-corrected chi connectivity index (χ3v) is 3.53. The minimum absolute atomic E-state index is 0.107. The van der Waals surface area contributed by atoms with E-state index in [0.717, 1.165) is 12.1 Å². The third-order valence-electron chi connectivity index (χ3n) is 3.25. The van der Waals surface area contributed by atoms with Crippen LogP contribution in [-0.2, 0) is 11.2 Å². The molecule has 4 nitrogen and oxygen atoms in total. The van der Waals surface area contributed by atoms with Gasteiger partial charge < -0.3 is 14.8 Å². The molecule has 0 aliphatic carbocycles. The number of benzene rings is 2. The van der Waals surface area contributed by atoms with Gasteiger partial charge in [-0.1, -0.05) is 17.7 Å². The maximum atomic E-state index is 13.5. The Morgan fingerprint density at radius 2 is 1.87 bits per heavy atom. The highest BCUT2D eigenvalue weighted by molar-refractivity contribution is 6.32. The molecular weight excluding hydrogens is 328 g/mol. The molecule has 23 heavy (non-hydrogen) atoms. The van der Waals surface area contributed by atoms with Crippen LogP contribution in [0.2, 0.25) is 5.02 Å². The summed E-state index contributed by atoms with van der Waals surface area (Å²) in [6.45, 7) is 0.790. The number of hydrogen-bond donors (Lipinski definition) is 1. The quantitative estimate of drug-likeness (QED) is 0.930. The molecule has 2 aromatic carbocycles. The number of anilines is 1. The molecule has 0 spiro atoms. The van der Waals surface area contributed by atoms with Crippen LogP contribution in [0, 0.1) is 11.6 Å². The summed E-state index contributed by atoms with van der Waals surface area (Å²) in [6.07, 6.45) is -0.107. The van der Waals surface area contributed by atoms with Crippen molar-refractivity contribution in [2.24, 2.45) is 0 Å². The first kappa shape index (κ1) is 15.6. The minimum atomic E-state index is -0.835. The molecule has 1 N–H and O–H groups in total. The molecule has 1 amide bonds. The second-order valence-corrected chi connectivity index (χ2v) is 5.33. The molecule has 7 heteroatoms. The summed E-state index contributed by atoms with van der Waals surface area (Å²) in [6, 6.07) is 6.55. The average molecular weight is 340 g/mol. The third kappa shape index (κ3) is 3.37. The van der Waals surface area contributed by atoms with E-state index in [1.165, 1.54) is 6.07 Å². The van der Waals surface area contributed by atoms with Gasteiger partial charge in [-0.25, -0.2) is 8.78 Å². The van der Waals surface area contributed by atoms with Crippen molar-refractivity contribution in [2.45, 2.75) is 6.42 Å². The van der Waals surface area contributed by atoms with Gasteiger partial charge in [0.1, 0.15) is 30.5 Å². The number of halogens is 3. The van der Waals surface area contributed by atoms with Crippen LogP contribution in [0.4, 0.5) is 14.5 Å². The fraction of sp³-hybridized carbons (Fsp3) is 0.188. The number of carbonyl (C=O) groups excluding carboxylic acids is 1. The maximum absolute atomic E-state index is 13.5. The molecule has 0 aromatic heterocycles. The standard InChI is InChI=1S/C16H12ClF2NO3/c17-10-6-9(7-13-16(10)23-5-4-22-13)8-14(21)20-15-11(18)2-1-3-12(15)19/h1-3,6-7H,4-5,8H2,(H,20,21). The smallest absolute Gasteiger partial charge is 0.228 e. The van der Waals surface area contributed by atoms with E-state index >= 15 is 0 Å². The first-order chi connectivity index (χ1) is 11.0. The van der Waals surface area contributed by atoms with Gasteiger partial charge in [-0.05, 0) is 29.8 Å². The second kappa shape index (κ2) is 6.42. The van der Waals surface area contributed by atoms with Crippen molar-refractivity contribution in [1.29, 1.82) is 0 Å². The molecule has 0 saturated heterocycles. The first-order valence-electron chi connectivity index (χ1n) is 6.86. The van der Waals surface area contributed by atoms with Crippen molar-refractivity contribution >= 4 is 23.2 Å². The molecule has 120 valence electrons. The Labute approximate surface area is 136 Å². The Balaban J connectivity index is 1.77. The summed E-state index contributed by atoms with van der Waals surface area (Å²) < 4.78 is 37.9. The van der Waals surface area contributed by atoms with E-state index < -0.39 is 23.2 Å². The predicted molar refractivity (Wildman–Crippen MR) is 81.1 cm³/mol. The normalized spacial score (nSPS) is 12.8. The lowest BCUT2D eigenvalue weighted by molar-refractivity contribution is -0.115. The van der Waals surface area contributed by atoms with Crippen LogP contribution in [0.15, 0.2) is 30.3 Å². The monoisotopic (exact) mass is 339 g/mol. The highest BCUT2D eigenvalue weighted by Crippen LogP contribution is 2.38. The van der Waals surface area contributed by atoms with Crippen LogP contribution in [0.3, 0.4) is 0 Å². The van der Waals surface area contributed by atoms with E-state index in [9.17, 15) is 13.6 Å². The second-order valence-electron chi connectivity index (χ2n) is 4.92. The lowest BCUT2D eigenvalue weighted by atomic mass is 10.1. The minimum Gasteiger partial charge on any atom is -0.486 e. The molecule has 0 fully saturated rings. The largest absolute Gasteiger partial charge is 0.486 e. The van der Waals surface area contributed by atoms with Gasteiger partial charge >= 0.3 is 0 Å². The number of para-hydroxylation sites is 1. The van der Waals surface area contributed by atoms with Crippen molar-refractivity contribution in [2.75, 3.05) is 18.5 Å². The summed E-state index contributed by atoms with van der Waals surface area (Å²) in [5.41, 5.74) is 0.0784. The molecule has 0 saturated carbocycles. The zero-order chi connectivity index (χ0) is 16.4. The fourth-order valence-electron chi connectivity index (χ4n) is 2.25. The topological polar surface area (TPSA) is 47.6 Å². The van der Waals surface area contributed by atoms with E-state index in [-0.39, 0.29) is 6.42 Å². The van der Waals surface area contributed by atoms with Crippen LogP contribution in [0.5, 0.6) is 11.5 Å². The number of ether oxygens (including phenoxy) is 2. The molecule has 0 bridgehead atoms. The highest BCUT2D eigenvalue weighted by Gasteiger charge is 2.18. The molecule has 0 radical (unpaired) electrons. The highest BCUT2D eigenvalue weighted by atomic mass is 35.5. The van der Waals surface area contributed by atoms with E-state index in [2.05, 4.69) is 5.32 Å². The van der Waals surface area contributed by atoms with E-state index in [1.807, 2.05) is 0 Å². The number of rotatable bonds is 3. The van der Waals surface area contributed by atoms with Gasteiger partial charge in [-0.2, -0.15) is 0 Å². The van der Waals surface area contributed by atoms with Crippen LogP contribution in [0.1, 0.15) is 5.56 Å². The van der Waals surface area contributed by atoms with Gasteiger partial charge in [0, 0.05) is 0 Å². The zero-order valence-corrected chi connectivity index (χ0v) is 12.6. The van der Waals surface area contributed by atoms with Crippen molar-refractivity contribution in [3.8, 4) is 11.5 Å². The van der Waals surface area contributed by atoms with Gasteiger partial charge in [0.2, 0.25) is 5.91 Å². The summed E-state index contributed by atoms with van der Waals surface area (Å²) in [5, 5.41) is 2.54. The van der Waals surface area contributed by atoms with Gasteiger partial charge in [0.15, 0.2) is 11.5 Å². The van der Waals surface area contributed by atoms with Gasteiger partial charge in [-0.3, -0.25) is 4.79 Å². The van der Waals surface area contributed by atoms with Crippen molar-refractivity contribution < 1.29 is 23.0 Å². The van der Waals surface area contributed by atoms with Crippen LogP contribution in [0.25, 0.3) is 0 Å². The molecule has 1 heterocycles. The number of hydrogen-bond acceptors (Lipinski definition) is 3. The van der Waals surface area contributed by atoms with Crippen LogP contribution >= 0.6 is 11.6 Å². The lowest BCUT2D eigenvalue weighted by Crippen LogP contribution is -2.18. The number of carbonyl (C=O) groups is 1. The van der Waals surface area contributed by atoms with E-state index in [4.69, 9.17) is 21.1 Å². The van der Waals surface area contributed by atoms with Crippen molar-refractivity contribution in [3.05, 3.63) is 52.6 Å². The summed E-state index contributed by atoms with van der Waals surface area (Å²) in [5.74, 6) is -1.36. The van der Waals surface area contributed by atoms with Crippen LogP contribution < -0.4 is 14.8 Å². The summed E-state index contributed by atoms with van der Waals surface area (Å²) in [7, 11) is 0. The summed E-state index contributed by atoms with van der Waals surface area (Å²) in [4.78, 5) is 12.0. The fourth-order valence-corrected chi connectivity index (χ4v) is 2.54. The van der Waals surface area contributed by atoms with Gasteiger partial charge in [-0.15, -0.1) is 0 Å². The molecule has 0 unspecified atom stereocenters. The number of nitrogens with one attached hydrogen (secondary N) is 1. The first-order valence-corrected chi connectivity index (χ1v) is 7.24. The lowest BCUT2D eigenvalue weighted by Gasteiger charge is -2.20. The Hall–Kier alpha value is -2.34. The Bertz CT molecular complexity index is 747. The Morgan fingerprint density at radius 1 is 1.17 bits per heavy atom. The van der Waals surface area contributed by atoms with Gasteiger partial charge in [0.05, 0.1) is 11.4 Å². The number of fused-ring (bicyclic) bond motifs is 1. The van der Waals surface area contributed by atoms with Crippen molar-refractivity contribution in [3.63, 3.8) is 0 Å². The Kier molecular flexibility index (Phi) is 4.34. The average Bonchev–Trinajstić information content (AvgIpc) is 2.51. The number of amides is 1. The molecule has 1 aliphatic rings. The van der Waals surface area contributed by atoms with Gasteiger partial charge in [0.25, 0.3) is 0 Å². The van der Waals surface area contributed by atoms with E-state index in [0.29, 0.717) is 35.3 Å². The molecule has 1 aliphatic heterocycles. The molecule has 3 rings (SSSR count). The zero-order valence-electron chi connectivity index (χ0n) is 11.9. The molecular formula is C16H12ClF2NO3.